The fraction of sp³-hybridized carbons (Fsp3) is 0.273. The first kappa shape index (κ1) is 9.86. The average molecular weight is 207 g/mol. The zero-order valence-electron chi connectivity index (χ0n) is 8.65. The van der Waals surface area contributed by atoms with Gasteiger partial charge in [0.25, 0.3) is 0 Å². The van der Waals surface area contributed by atoms with Gasteiger partial charge in [0.2, 0.25) is 0 Å². The Balaban J connectivity index is 2.47. The third kappa shape index (κ3) is 1.76. The van der Waals surface area contributed by atoms with Crippen LogP contribution in [-0.2, 0) is 0 Å². The Morgan fingerprint density at radius 1 is 1.20 bits per heavy atom. The van der Waals surface area contributed by atoms with Crippen molar-refractivity contribution in [2.45, 2.75) is 6.23 Å². The van der Waals surface area contributed by atoms with Gasteiger partial charge in [0, 0.05) is 17.3 Å². The molecule has 4 nitrogen and oxygen atoms in total. The second-order valence-corrected chi connectivity index (χ2v) is 3.24. The molecule has 1 heterocycles. The number of nitrogens with one attached hydrogen (secondary N) is 1. The first-order valence-electron chi connectivity index (χ1n) is 4.63. The van der Waals surface area contributed by atoms with Crippen molar-refractivity contribution in [1.82, 2.24) is 0 Å². The lowest BCUT2D eigenvalue weighted by Crippen LogP contribution is -2.18. The summed E-state index contributed by atoms with van der Waals surface area (Å²) < 4.78 is 10.3. The molecule has 0 aromatic heterocycles. The largest absolute Gasteiger partial charge is 0.493 e. The third-order valence-electron chi connectivity index (χ3n) is 2.32. The molecule has 1 aromatic rings. The van der Waals surface area contributed by atoms with Crippen molar-refractivity contribution in [3.8, 4) is 11.5 Å². The molecule has 1 aliphatic heterocycles. The van der Waals surface area contributed by atoms with Gasteiger partial charge in [-0.2, -0.15) is 0 Å². The number of hydrogen-bond acceptors (Lipinski definition) is 4. The van der Waals surface area contributed by atoms with E-state index in [1.165, 1.54) is 0 Å². The van der Waals surface area contributed by atoms with Gasteiger partial charge in [-0.05, 0) is 12.1 Å². The molecular formula is C11H13NO3. The van der Waals surface area contributed by atoms with E-state index in [9.17, 15) is 5.11 Å². The van der Waals surface area contributed by atoms with Crippen LogP contribution in [0.25, 0.3) is 6.08 Å². The van der Waals surface area contributed by atoms with Gasteiger partial charge in [-0.3, -0.25) is 0 Å². The van der Waals surface area contributed by atoms with E-state index in [1.807, 2.05) is 12.1 Å². The Kier molecular flexibility index (Phi) is 2.51. The number of ether oxygens (including phenoxy) is 2. The molecule has 15 heavy (non-hydrogen) atoms. The lowest BCUT2D eigenvalue weighted by Gasteiger charge is -2.20. The van der Waals surface area contributed by atoms with Crippen molar-refractivity contribution in [1.29, 1.82) is 0 Å². The number of benzene rings is 1. The predicted molar refractivity (Wildman–Crippen MR) is 58.2 cm³/mol. The molecule has 1 aliphatic rings. The zero-order valence-corrected chi connectivity index (χ0v) is 8.65. The average Bonchev–Trinajstić information content (AvgIpc) is 2.27. The van der Waals surface area contributed by atoms with Gasteiger partial charge in [0.15, 0.2) is 11.5 Å². The van der Waals surface area contributed by atoms with Crippen LogP contribution >= 0.6 is 0 Å². The summed E-state index contributed by atoms with van der Waals surface area (Å²) in [6.45, 7) is 0. The van der Waals surface area contributed by atoms with Crippen LogP contribution in [0, 0.1) is 0 Å². The quantitative estimate of drug-likeness (QED) is 0.770. The molecule has 1 unspecified atom stereocenters. The molecule has 0 radical (unpaired) electrons. The fourth-order valence-corrected chi connectivity index (χ4v) is 1.56. The van der Waals surface area contributed by atoms with Crippen LogP contribution in [-0.4, -0.2) is 25.6 Å². The van der Waals surface area contributed by atoms with Crippen molar-refractivity contribution in [2.75, 3.05) is 19.5 Å². The number of aliphatic hydroxyl groups is 1. The minimum atomic E-state index is -0.643. The summed E-state index contributed by atoms with van der Waals surface area (Å²) in [5.41, 5.74) is 1.81. The maximum Gasteiger partial charge on any atom is 0.162 e. The second-order valence-electron chi connectivity index (χ2n) is 3.24. The molecule has 0 fully saturated rings. The van der Waals surface area contributed by atoms with Gasteiger partial charge in [-0.1, -0.05) is 6.08 Å². The number of aliphatic hydroxyl groups excluding tert-OH is 1. The topological polar surface area (TPSA) is 50.7 Å². The minimum Gasteiger partial charge on any atom is -0.493 e. The highest BCUT2D eigenvalue weighted by atomic mass is 16.5. The molecule has 2 rings (SSSR count). The summed E-state index contributed by atoms with van der Waals surface area (Å²) >= 11 is 0. The number of rotatable bonds is 2. The van der Waals surface area contributed by atoms with Gasteiger partial charge >= 0.3 is 0 Å². The molecule has 0 bridgehead atoms. The summed E-state index contributed by atoms with van der Waals surface area (Å²) in [4.78, 5) is 0. The normalized spacial score (nSPS) is 17.9. The first-order valence-corrected chi connectivity index (χ1v) is 4.63. The summed E-state index contributed by atoms with van der Waals surface area (Å²) in [5.74, 6) is 1.32. The smallest absolute Gasteiger partial charge is 0.162 e. The summed E-state index contributed by atoms with van der Waals surface area (Å²) in [6, 6.07) is 3.67. The Morgan fingerprint density at radius 2 is 1.87 bits per heavy atom. The van der Waals surface area contributed by atoms with Crippen LogP contribution in [0.2, 0.25) is 0 Å². The molecule has 4 heteroatoms. The van der Waals surface area contributed by atoms with Crippen molar-refractivity contribution in [3.63, 3.8) is 0 Å². The van der Waals surface area contributed by atoms with E-state index >= 15 is 0 Å². The van der Waals surface area contributed by atoms with E-state index in [4.69, 9.17) is 9.47 Å². The van der Waals surface area contributed by atoms with Gasteiger partial charge in [-0.15, -0.1) is 0 Å². The van der Waals surface area contributed by atoms with Gasteiger partial charge in [0.05, 0.1) is 14.2 Å². The summed E-state index contributed by atoms with van der Waals surface area (Å²) in [5, 5.41) is 12.3. The van der Waals surface area contributed by atoms with Crippen molar-refractivity contribution in [3.05, 3.63) is 23.8 Å². The monoisotopic (exact) mass is 207 g/mol. The van der Waals surface area contributed by atoms with E-state index in [1.54, 1.807) is 26.4 Å². The van der Waals surface area contributed by atoms with E-state index in [2.05, 4.69) is 5.32 Å². The van der Waals surface area contributed by atoms with E-state index in [0.29, 0.717) is 11.5 Å². The molecule has 0 aliphatic carbocycles. The maximum atomic E-state index is 9.38. The van der Waals surface area contributed by atoms with Crippen molar-refractivity contribution in [2.24, 2.45) is 0 Å². The van der Waals surface area contributed by atoms with Crippen LogP contribution in [0.1, 0.15) is 5.56 Å². The molecule has 0 saturated carbocycles. The molecule has 0 amide bonds. The Labute approximate surface area is 88.1 Å². The minimum absolute atomic E-state index is 0.643. The number of fused-ring (bicyclic) bond motifs is 1. The Hall–Kier alpha value is -1.68. The Morgan fingerprint density at radius 3 is 2.53 bits per heavy atom. The first-order chi connectivity index (χ1) is 7.24. The molecule has 80 valence electrons. The fourth-order valence-electron chi connectivity index (χ4n) is 1.56. The zero-order chi connectivity index (χ0) is 10.8. The van der Waals surface area contributed by atoms with Crippen molar-refractivity contribution >= 4 is 11.8 Å². The van der Waals surface area contributed by atoms with Crippen LogP contribution in [0.5, 0.6) is 11.5 Å². The van der Waals surface area contributed by atoms with E-state index in [0.717, 1.165) is 11.3 Å². The summed E-state index contributed by atoms with van der Waals surface area (Å²) in [7, 11) is 3.18. The molecule has 1 aromatic carbocycles. The molecular weight excluding hydrogens is 194 g/mol. The number of methoxy groups -OCH3 is 2. The van der Waals surface area contributed by atoms with Gasteiger partial charge in [0.1, 0.15) is 6.23 Å². The lowest BCUT2D eigenvalue weighted by molar-refractivity contribution is 0.252. The highest BCUT2D eigenvalue weighted by molar-refractivity contribution is 5.74. The molecule has 0 saturated heterocycles. The molecule has 2 N–H and O–H groups in total. The summed E-state index contributed by atoms with van der Waals surface area (Å²) in [6.07, 6.45) is 2.88. The standard InChI is InChI=1S/C11H13NO3/c1-14-9-5-7-3-4-11(13)12-8(7)6-10(9)15-2/h3-6,11-13H,1-2H3. The number of anilines is 1. The lowest BCUT2D eigenvalue weighted by atomic mass is 10.1. The Bertz CT molecular complexity index is 401. The highest BCUT2D eigenvalue weighted by Gasteiger charge is 2.14. The number of hydrogen-bond donors (Lipinski definition) is 2. The van der Waals surface area contributed by atoms with Crippen molar-refractivity contribution < 1.29 is 14.6 Å². The maximum absolute atomic E-state index is 9.38. The van der Waals surface area contributed by atoms with Crippen LogP contribution in [0.4, 0.5) is 5.69 Å². The van der Waals surface area contributed by atoms with E-state index in [-0.39, 0.29) is 0 Å². The highest BCUT2D eigenvalue weighted by Crippen LogP contribution is 2.35. The van der Waals surface area contributed by atoms with Crippen LogP contribution in [0.15, 0.2) is 18.2 Å². The van der Waals surface area contributed by atoms with Crippen LogP contribution < -0.4 is 14.8 Å². The predicted octanol–water partition coefficient (Wildman–Crippen LogP) is 1.46. The van der Waals surface area contributed by atoms with E-state index < -0.39 is 6.23 Å². The molecule has 0 spiro atoms. The third-order valence-corrected chi connectivity index (χ3v) is 2.32. The molecule has 1 atom stereocenters. The van der Waals surface area contributed by atoms with Gasteiger partial charge < -0.3 is 19.9 Å². The second kappa shape index (κ2) is 3.82. The van der Waals surface area contributed by atoms with Crippen LogP contribution in [0.3, 0.4) is 0 Å². The SMILES string of the molecule is COc1cc2c(cc1OC)NC(O)C=C2. The van der Waals surface area contributed by atoms with Gasteiger partial charge in [-0.25, -0.2) is 0 Å².